The zero-order valence-corrected chi connectivity index (χ0v) is 14.4. The number of esters is 1. The lowest BCUT2D eigenvalue weighted by Crippen LogP contribution is -2.59. The molecule has 0 aromatic rings. The number of nitrogens with one attached hydrogen (secondary N) is 1. The van der Waals surface area contributed by atoms with E-state index < -0.39 is 5.54 Å². The maximum atomic E-state index is 12.1. The third-order valence-corrected chi connectivity index (χ3v) is 3.22. The summed E-state index contributed by atoms with van der Waals surface area (Å²) in [5, 5.41) is 3.32. The van der Waals surface area contributed by atoms with Gasteiger partial charge in [0.1, 0.15) is 5.54 Å². The Labute approximate surface area is 129 Å². The molecule has 0 aliphatic carbocycles. The van der Waals surface area contributed by atoms with E-state index in [-0.39, 0.29) is 12.0 Å². The van der Waals surface area contributed by atoms with Crippen LogP contribution in [0.3, 0.4) is 0 Å². The molecular weight excluding hydrogens is 272 g/mol. The van der Waals surface area contributed by atoms with E-state index >= 15 is 0 Å². The van der Waals surface area contributed by atoms with Gasteiger partial charge in [-0.2, -0.15) is 0 Å². The number of hydrogen-bond acceptors (Lipinski definition) is 6. The Morgan fingerprint density at radius 3 is 2.24 bits per heavy atom. The first-order valence-electron chi connectivity index (χ1n) is 7.46. The van der Waals surface area contributed by atoms with Gasteiger partial charge in [-0.1, -0.05) is 0 Å². The zero-order valence-electron chi connectivity index (χ0n) is 14.4. The molecule has 0 fully saturated rings. The van der Waals surface area contributed by atoms with Crippen molar-refractivity contribution in [2.45, 2.75) is 38.8 Å². The highest BCUT2D eigenvalue weighted by Crippen LogP contribution is 2.11. The van der Waals surface area contributed by atoms with Gasteiger partial charge >= 0.3 is 5.97 Å². The molecule has 0 rings (SSSR count). The van der Waals surface area contributed by atoms with Crippen LogP contribution in [0.2, 0.25) is 0 Å². The quantitative estimate of drug-likeness (QED) is 0.427. The molecular formula is C15H32N2O4. The Hall–Kier alpha value is -0.690. The maximum Gasteiger partial charge on any atom is 0.327 e. The molecule has 1 atom stereocenters. The summed E-state index contributed by atoms with van der Waals surface area (Å²) < 4.78 is 15.2. The molecule has 6 heteroatoms. The van der Waals surface area contributed by atoms with E-state index in [1.165, 1.54) is 7.11 Å². The minimum atomic E-state index is -0.732. The SMILES string of the molecule is COCCCN(CCOC)CC(C)(NC(C)C)C(=O)OC. The fourth-order valence-electron chi connectivity index (χ4n) is 2.40. The number of nitrogens with zero attached hydrogens (tertiary/aromatic N) is 1. The molecule has 0 aromatic carbocycles. The van der Waals surface area contributed by atoms with Crippen LogP contribution < -0.4 is 5.32 Å². The number of ether oxygens (including phenoxy) is 3. The van der Waals surface area contributed by atoms with Gasteiger partial charge in [-0.15, -0.1) is 0 Å². The van der Waals surface area contributed by atoms with E-state index in [4.69, 9.17) is 14.2 Å². The molecule has 126 valence electrons. The van der Waals surface area contributed by atoms with Crippen molar-refractivity contribution in [1.29, 1.82) is 0 Å². The second kappa shape index (κ2) is 11.0. The first-order chi connectivity index (χ1) is 9.89. The largest absolute Gasteiger partial charge is 0.468 e. The third-order valence-electron chi connectivity index (χ3n) is 3.22. The molecule has 0 amide bonds. The summed E-state index contributed by atoms with van der Waals surface area (Å²) in [6.07, 6.45) is 0.916. The summed E-state index contributed by atoms with van der Waals surface area (Å²) in [7, 11) is 4.80. The van der Waals surface area contributed by atoms with Crippen LogP contribution in [0.1, 0.15) is 27.2 Å². The van der Waals surface area contributed by atoms with Gasteiger partial charge in [0, 0.05) is 46.5 Å². The minimum Gasteiger partial charge on any atom is -0.468 e. The van der Waals surface area contributed by atoms with Crippen LogP contribution in [0.15, 0.2) is 0 Å². The summed E-state index contributed by atoms with van der Waals surface area (Å²) in [6, 6.07) is 0.192. The van der Waals surface area contributed by atoms with Crippen LogP contribution in [-0.2, 0) is 19.0 Å². The van der Waals surface area contributed by atoms with Crippen LogP contribution in [0.4, 0.5) is 0 Å². The smallest absolute Gasteiger partial charge is 0.327 e. The van der Waals surface area contributed by atoms with Gasteiger partial charge in [-0.05, 0) is 27.2 Å². The second-order valence-corrected chi connectivity index (χ2v) is 5.74. The second-order valence-electron chi connectivity index (χ2n) is 5.74. The van der Waals surface area contributed by atoms with Crippen molar-refractivity contribution in [1.82, 2.24) is 10.2 Å². The standard InChI is InChI=1S/C15H32N2O4/c1-13(2)16-15(3,14(18)21-6)12-17(9-11-20-5)8-7-10-19-4/h13,16H,7-12H2,1-6H3. The van der Waals surface area contributed by atoms with Crippen molar-refractivity contribution < 1.29 is 19.0 Å². The Morgan fingerprint density at radius 2 is 1.76 bits per heavy atom. The minimum absolute atomic E-state index is 0.192. The van der Waals surface area contributed by atoms with Gasteiger partial charge in [-0.25, -0.2) is 0 Å². The predicted molar refractivity (Wildman–Crippen MR) is 83.5 cm³/mol. The Bertz CT molecular complexity index is 287. The highest BCUT2D eigenvalue weighted by atomic mass is 16.5. The Kier molecular flexibility index (Phi) is 10.6. The average Bonchev–Trinajstić information content (AvgIpc) is 2.42. The van der Waals surface area contributed by atoms with Crippen molar-refractivity contribution in [3.63, 3.8) is 0 Å². The molecule has 6 nitrogen and oxygen atoms in total. The van der Waals surface area contributed by atoms with E-state index in [1.807, 2.05) is 20.8 Å². The van der Waals surface area contributed by atoms with E-state index in [2.05, 4.69) is 10.2 Å². The van der Waals surface area contributed by atoms with Crippen molar-refractivity contribution in [2.24, 2.45) is 0 Å². The highest BCUT2D eigenvalue weighted by Gasteiger charge is 2.36. The fraction of sp³-hybridized carbons (Fsp3) is 0.933. The van der Waals surface area contributed by atoms with Gasteiger partial charge in [0.2, 0.25) is 0 Å². The van der Waals surface area contributed by atoms with Crippen LogP contribution in [0.25, 0.3) is 0 Å². The number of carbonyl (C=O) groups is 1. The lowest BCUT2D eigenvalue weighted by atomic mass is 10.00. The van der Waals surface area contributed by atoms with Crippen LogP contribution in [0.5, 0.6) is 0 Å². The molecule has 0 spiro atoms. The van der Waals surface area contributed by atoms with Gasteiger partial charge in [-0.3, -0.25) is 15.0 Å². The molecule has 1 unspecified atom stereocenters. The van der Waals surface area contributed by atoms with Gasteiger partial charge < -0.3 is 14.2 Å². The van der Waals surface area contributed by atoms with Crippen molar-refractivity contribution >= 4 is 5.97 Å². The average molecular weight is 304 g/mol. The third kappa shape index (κ3) is 8.36. The van der Waals surface area contributed by atoms with Gasteiger partial charge in [0.25, 0.3) is 0 Å². The molecule has 21 heavy (non-hydrogen) atoms. The van der Waals surface area contributed by atoms with Crippen molar-refractivity contribution in [3.05, 3.63) is 0 Å². The van der Waals surface area contributed by atoms with Gasteiger partial charge in [0.15, 0.2) is 0 Å². The number of hydrogen-bond donors (Lipinski definition) is 1. The van der Waals surface area contributed by atoms with Gasteiger partial charge in [0.05, 0.1) is 13.7 Å². The molecule has 1 N–H and O–H groups in total. The zero-order chi connectivity index (χ0) is 16.3. The number of carbonyl (C=O) groups excluding carboxylic acids is 1. The Morgan fingerprint density at radius 1 is 1.14 bits per heavy atom. The normalized spacial score (nSPS) is 14.5. The number of rotatable bonds is 12. The topological polar surface area (TPSA) is 60.0 Å². The number of methoxy groups -OCH3 is 3. The van der Waals surface area contributed by atoms with Crippen LogP contribution >= 0.6 is 0 Å². The molecule has 0 aromatic heterocycles. The molecule has 0 radical (unpaired) electrons. The maximum absolute atomic E-state index is 12.1. The fourth-order valence-corrected chi connectivity index (χ4v) is 2.40. The molecule has 0 aliphatic heterocycles. The van der Waals surface area contributed by atoms with Crippen LogP contribution in [-0.4, -0.2) is 76.6 Å². The van der Waals surface area contributed by atoms with E-state index in [9.17, 15) is 4.79 Å². The summed E-state index contributed by atoms with van der Waals surface area (Å²) >= 11 is 0. The molecule has 0 saturated heterocycles. The van der Waals surface area contributed by atoms with Crippen LogP contribution in [0, 0.1) is 0 Å². The summed E-state index contributed by atoms with van der Waals surface area (Å²) in [6.45, 7) is 9.45. The van der Waals surface area contributed by atoms with Crippen molar-refractivity contribution in [3.8, 4) is 0 Å². The lowest BCUT2D eigenvalue weighted by Gasteiger charge is -2.35. The Balaban J connectivity index is 4.78. The molecule has 0 bridgehead atoms. The first-order valence-corrected chi connectivity index (χ1v) is 7.46. The summed E-state index contributed by atoms with van der Waals surface area (Å²) in [5.41, 5.74) is -0.732. The monoisotopic (exact) mass is 304 g/mol. The molecule has 0 aliphatic rings. The highest BCUT2D eigenvalue weighted by molar-refractivity contribution is 5.80. The molecule has 0 heterocycles. The lowest BCUT2D eigenvalue weighted by molar-refractivity contribution is -0.149. The predicted octanol–water partition coefficient (Wildman–Crippen LogP) is 0.901. The van der Waals surface area contributed by atoms with E-state index in [0.717, 1.165) is 19.5 Å². The van der Waals surface area contributed by atoms with E-state index in [0.29, 0.717) is 19.8 Å². The summed E-state index contributed by atoms with van der Waals surface area (Å²) in [5.74, 6) is -0.245. The van der Waals surface area contributed by atoms with Crippen molar-refractivity contribution in [2.75, 3.05) is 54.2 Å². The first kappa shape index (κ1) is 20.3. The molecule has 0 saturated carbocycles. The summed E-state index contributed by atoms with van der Waals surface area (Å²) in [4.78, 5) is 14.3. The van der Waals surface area contributed by atoms with E-state index in [1.54, 1.807) is 14.2 Å².